The molecule has 24 heavy (non-hydrogen) atoms. The highest BCUT2D eigenvalue weighted by Crippen LogP contribution is 2.37. The third-order valence-electron chi connectivity index (χ3n) is 4.86. The van der Waals surface area contributed by atoms with E-state index in [4.69, 9.17) is 14.0 Å². The summed E-state index contributed by atoms with van der Waals surface area (Å²) in [7, 11) is -0.358. The van der Waals surface area contributed by atoms with Gasteiger partial charge in [0.1, 0.15) is 5.60 Å². The zero-order chi connectivity index (χ0) is 18.2. The van der Waals surface area contributed by atoms with Crippen LogP contribution in [0.3, 0.4) is 0 Å². The molecule has 0 aromatic heterocycles. The van der Waals surface area contributed by atoms with Gasteiger partial charge in [0.25, 0.3) is 0 Å². The Hall–Kier alpha value is -1.01. The first-order chi connectivity index (χ1) is 10.9. The molecular weight excluding hydrogens is 305 g/mol. The van der Waals surface area contributed by atoms with Crippen LogP contribution in [0.4, 0.5) is 4.79 Å². The van der Waals surface area contributed by atoms with Crippen molar-refractivity contribution in [2.75, 3.05) is 13.1 Å². The number of nitrogens with zero attached hydrogens (tertiary/aromatic N) is 1. The summed E-state index contributed by atoms with van der Waals surface area (Å²) >= 11 is 0. The van der Waals surface area contributed by atoms with E-state index < -0.39 is 5.60 Å². The molecule has 0 aromatic carbocycles. The van der Waals surface area contributed by atoms with E-state index >= 15 is 0 Å². The fraction of sp³-hybridized carbons (Fsp3) is 0.833. The molecule has 2 rings (SSSR count). The van der Waals surface area contributed by atoms with E-state index in [-0.39, 0.29) is 24.4 Å². The summed E-state index contributed by atoms with van der Waals surface area (Å²) in [5, 5.41) is 0. The number of rotatable bonds is 1. The molecule has 0 unspecified atom stereocenters. The number of hydrogen-bond donors (Lipinski definition) is 0. The molecule has 2 aliphatic heterocycles. The van der Waals surface area contributed by atoms with E-state index in [0.29, 0.717) is 6.54 Å². The highest BCUT2D eigenvalue weighted by molar-refractivity contribution is 6.51. The van der Waals surface area contributed by atoms with Crippen molar-refractivity contribution < 1.29 is 18.8 Å². The van der Waals surface area contributed by atoms with Gasteiger partial charge < -0.3 is 18.9 Å². The third-order valence-corrected chi connectivity index (χ3v) is 4.86. The molecule has 0 spiro atoms. The largest absolute Gasteiger partial charge is 0.487 e. The van der Waals surface area contributed by atoms with Crippen molar-refractivity contribution in [3.63, 3.8) is 0 Å². The molecule has 0 N–H and O–H groups in total. The average Bonchev–Trinajstić information content (AvgIpc) is 2.54. The van der Waals surface area contributed by atoms with Crippen LogP contribution in [0.1, 0.15) is 67.7 Å². The minimum absolute atomic E-state index is 0.246. The third kappa shape index (κ3) is 4.76. The summed E-state index contributed by atoms with van der Waals surface area (Å²) in [6, 6.07) is 0. The smallest absolute Gasteiger partial charge is 0.444 e. The van der Waals surface area contributed by atoms with Crippen LogP contribution in [0.15, 0.2) is 11.5 Å². The van der Waals surface area contributed by atoms with Gasteiger partial charge in [-0.15, -0.1) is 0 Å². The first-order valence-electron chi connectivity index (χ1n) is 8.93. The molecule has 0 bridgehead atoms. The van der Waals surface area contributed by atoms with Gasteiger partial charge in [-0.05, 0) is 67.7 Å². The minimum Gasteiger partial charge on any atom is -0.444 e. The molecule has 2 saturated heterocycles. The normalized spacial score (nSPS) is 25.7. The van der Waals surface area contributed by atoms with Crippen molar-refractivity contribution in [2.24, 2.45) is 0 Å². The van der Waals surface area contributed by atoms with Gasteiger partial charge >= 0.3 is 13.2 Å². The standard InChI is InChI=1S/C18H32BNO4/c1-16(2,3)22-15(21)20-11-9-8-10-14(13-20)12-19-23-17(4,5)18(6,7)24-19/h12H,8-11,13H2,1-7H3. The molecule has 0 atom stereocenters. The maximum atomic E-state index is 12.4. The molecule has 2 heterocycles. The predicted octanol–water partition coefficient (Wildman–Crippen LogP) is 3.97. The molecule has 0 radical (unpaired) electrons. The number of likely N-dealkylation sites (tertiary alicyclic amines) is 1. The summed E-state index contributed by atoms with van der Waals surface area (Å²) < 4.78 is 17.6. The summed E-state index contributed by atoms with van der Waals surface area (Å²) in [5.41, 5.74) is 0.0185. The fourth-order valence-corrected chi connectivity index (χ4v) is 2.83. The number of ether oxygens (including phenoxy) is 1. The monoisotopic (exact) mass is 337 g/mol. The van der Waals surface area contributed by atoms with Gasteiger partial charge in [-0.2, -0.15) is 0 Å². The van der Waals surface area contributed by atoms with Crippen molar-refractivity contribution in [2.45, 2.75) is 84.5 Å². The average molecular weight is 337 g/mol. The van der Waals surface area contributed by atoms with Crippen LogP contribution >= 0.6 is 0 Å². The molecule has 1 amide bonds. The second-order valence-electron chi connectivity index (χ2n) is 8.81. The molecule has 0 saturated carbocycles. The second kappa shape index (κ2) is 6.72. The van der Waals surface area contributed by atoms with Crippen LogP contribution in [0, 0.1) is 0 Å². The van der Waals surface area contributed by atoms with Crippen LogP contribution < -0.4 is 0 Å². The lowest BCUT2D eigenvalue weighted by molar-refractivity contribution is 0.00578. The first-order valence-corrected chi connectivity index (χ1v) is 8.93. The Labute approximate surface area is 146 Å². The van der Waals surface area contributed by atoms with Crippen molar-refractivity contribution in [1.29, 1.82) is 0 Å². The number of amides is 1. The lowest BCUT2D eigenvalue weighted by Gasteiger charge is -2.32. The van der Waals surface area contributed by atoms with Crippen LogP contribution in [0.2, 0.25) is 0 Å². The summed E-state index contributed by atoms with van der Waals surface area (Å²) in [4.78, 5) is 14.2. The molecular formula is C18H32BNO4. The molecule has 0 aromatic rings. The van der Waals surface area contributed by atoms with Gasteiger partial charge in [-0.25, -0.2) is 4.79 Å². The molecule has 0 aliphatic carbocycles. The van der Waals surface area contributed by atoms with Gasteiger partial charge in [0.2, 0.25) is 0 Å². The van der Waals surface area contributed by atoms with E-state index in [1.54, 1.807) is 4.90 Å². The Bertz CT molecular complexity index is 492. The number of carbonyl (C=O) groups is 1. The zero-order valence-electron chi connectivity index (χ0n) is 16.3. The lowest BCUT2D eigenvalue weighted by atomic mass is 9.86. The number of hydrogen-bond acceptors (Lipinski definition) is 4. The van der Waals surface area contributed by atoms with Crippen molar-refractivity contribution in [3.05, 3.63) is 11.5 Å². The molecule has 5 nitrogen and oxygen atoms in total. The minimum atomic E-state index is -0.473. The predicted molar refractivity (Wildman–Crippen MR) is 95.8 cm³/mol. The highest BCUT2D eigenvalue weighted by Gasteiger charge is 2.50. The SMILES string of the molecule is CC(C)(C)OC(=O)N1CCCCC(=CB2OC(C)(C)C(C)(C)O2)C1. The Kier molecular flexibility index (Phi) is 5.41. The Morgan fingerprint density at radius 3 is 2.29 bits per heavy atom. The van der Waals surface area contributed by atoms with Gasteiger partial charge in [0.05, 0.1) is 11.2 Å². The molecule has 6 heteroatoms. The quantitative estimate of drug-likeness (QED) is 0.680. The van der Waals surface area contributed by atoms with Gasteiger partial charge in [-0.3, -0.25) is 0 Å². The van der Waals surface area contributed by atoms with E-state index in [2.05, 4.69) is 0 Å². The summed E-state index contributed by atoms with van der Waals surface area (Å²) in [5.74, 6) is 2.04. The Balaban J connectivity index is 2.06. The van der Waals surface area contributed by atoms with Gasteiger partial charge in [0.15, 0.2) is 0 Å². The van der Waals surface area contributed by atoms with Crippen LogP contribution in [0.25, 0.3) is 0 Å². The fourth-order valence-electron chi connectivity index (χ4n) is 2.83. The van der Waals surface area contributed by atoms with E-state index in [1.807, 2.05) is 54.4 Å². The first kappa shape index (κ1) is 19.3. The van der Waals surface area contributed by atoms with E-state index in [0.717, 1.165) is 25.8 Å². The van der Waals surface area contributed by atoms with Crippen LogP contribution in [-0.4, -0.2) is 48.0 Å². The molecule has 2 aliphatic rings. The van der Waals surface area contributed by atoms with E-state index in [1.165, 1.54) is 5.57 Å². The zero-order valence-corrected chi connectivity index (χ0v) is 16.3. The molecule has 136 valence electrons. The maximum absolute atomic E-state index is 12.4. The summed E-state index contributed by atoms with van der Waals surface area (Å²) in [6.07, 6.45) is 2.76. The van der Waals surface area contributed by atoms with Crippen molar-refractivity contribution in [3.8, 4) is 0 Å². The van der Waals surface area contributed by atoms with Crippen LogP contribution in [-0.2, 0) is 14.0 Å². The maximum Gasteiger partial charge on any atom is 0.487 e. The number of carbonyl (C=O) groups excluding carboxylic acids is 1. The van der Waals surface area contributed by atoms with Gasteiger partial charge in [0, 0.05) is 13.1 Å². The lowest BCUT2D eigenvalue weighted by Crippen LogP contribution is -2.41. The van der Waals surface area contributed by atoms with Gasteiger partial charge in [-0.1, -0.05) is 11.5 Å². The molecule has 2 fully saturated rings. The summed E-state index contributed by atoms with van der Waals surface area (Å²) in [6.45, 7) is 15.2. The van der Waals surface area contributed by atoms with E-state index in [9.17, 15) is 4.79 Å². The second-order valence-corrected chi connectivity index (χ2v) is 8.81. The Morgan fingerprint density at radius 1 is 1.17 bits per heavy atom. The topological polar surface area (TPSA) is 48.0 Å². The Morgan fingerprint density at radius 2 is 1.75 bits per heavy atom. The van der Waals surface area contributed by atoms with Crippen molar-refractivity contribution in [1.82, 2.24) is 4.90 Å². The van der Waals surface area contributed by atoms with Crippen molar-refractivity contribution >= 4 is 13.2 Å². The van der Waals surface area contributed by atoms with Crippen LogP contribution in [0.5, 0.6) is 0 Å². The highest BCUT2D eigenvalue weighted by atomic mass is 16.7.